The summed E-state index contributed by atoms with van der Waals surface area (Å²) in [7, 11) is 0. The van der Waals surface area contributed by atoms with Crippen molar-refractivity contribution in [1.82, 2.24) is 0 Å². The van der Waals surface area contributed by atoms with Gasteiger partial charge in [-0.2, -0.15) is 0 Å². The van der Waals surface area contributed by atoms with Crippen molar-refractivity contribution in [3.05, 3.63) is 65.0 Å². The van der Waals surface area contributed by atoms with Gasteiger partial charge in [-0.3, -0.25) is 0 Å². The molecule has 0 bridgehead atoms. The quantitative estimate of drug-likeness (QED) is 0.431. The number of thiophene rings is 1. The van der Waals surface area contributed by atoms with E-state index in [0.717, 1.165) is 11.3 Å². The lowest BCUT2D eigenvalue weighted by Crippen LogP contribution is -1.97. The average molecular weight is 297 g/mol. The number of fused-ring (bicyclic) bond motifs is 1. The second-order valence-electron chi connectivity index (χ2n) is 4.76. The average Bonchev–Trinajstić information content (AvgIpc) is 2.96. The summed E-state index contributed by atoms with van der Waals surface area (Å²) in [4.78, 5) is 0. The topological polar surface area (TPSA) is 41.8 Å². The summed E-state index contributed by atoms with van der Waals surface area (Å²) < 4.78 is 7.11. The predicted molar refractivity (Wildman–Crippen MR) is 86.6 cm³/mol. The molecule has 21 heavy (non-hydrogen) atoms. The Morgan fingerprint density at radius 3 is 2.67 bits per heavy atom. The highest BCUT2D eigenvalue weighted by atomic mass is 32.1. The molecule has 1 N–H and O–H groups in total. The zero-order valence-electron chi connectivity index (χ0n) is 11.6. The van der Waals surface area contributed by atoms with Gasteiger partial charge < -0.3 is 9.94 Å². The van der Waals surface area contributed by atoms with Crippen LogP contribution in [0.2, 0.25) is 0 Å². The molecule has 0 unspecified atom stereocenters. The van der Waals surface area contributed by atoms with Crippen LogP contribution in [0.4, 0.5) is 0 Å². The van der Waals surface area contributed by atoms with Gasteiger partial charge in [0.25, 0.3) is 0 Å². The van der Waals surface area contributed by atoms with E-state index in [1.807, 2.05) is 36.4 Å². The minimum atomic E-state index is 0.552. The fourth-order valence-electron chi connectivity index (χ4n) is 2.16. The Hall–Kier alpha value is -2.33. The molecule has 3 aromatic rings. The van der Waals surface area contributed by atoms with Crippen molar-refractivity contribution in [3.63, 3.8) is 0 Å². The highest BCUT2D eigenvalue weighted by Crippen LogP contribution is 2.26. The molecule has 1 heterocycles. The summed E-state index contributed by atoms with van der Waals surface area (Å²) in [6, 6.07) is 15.9. The Balaban J connectivity index is 1.73. The summed E-state index contributed by atoms with van der Waals surface area (Å²) in [6.07, 6.45) is 0. The van der Waals surface area contributed by atoms with Crippen LogP contribution in [0.25, 0.3) is 10.1 Å². The fourth-order valence-corrected chi connectivity index (χ4v) is 3.10. The first kappa shape index (κ1) is 13.6. The smallest absolute Gasteiger partial charge is 0.119 e. The molecule has 0 amide bonds. The minimum Gasteiger partial charge on any atom is -0.489 e. The van der Waals surface area contributed by atoms with E-state index >= 15 is 0 Å². The second-order valence-corrected chi connectivity index (χ2v) is 5.67. The van der Waals surface area contributed by atoms with Crippen molar-refractivity contribution in [1.29, 1.82) is 0 Å². The minimum absolute atomic E-state index is 0.552. The van der Waals surface area contributed by atoms with E-state index < -0.39 is 0 Å². The highest BCUT2D eigenvalue weighted by Gasteiger charge is 2.04. The molecule has 0 atom stereocenters. The molecule has 0 saturated heterocycles. The van der Waals surface area contributed by atoms with Crippen molar-refractivity contribution < 1.29 is 9.94 Å². The molecule has 1 aromatic heterocycles. The first-order valence-corrected chi connectivity index (χ1v) is 7.53. The molecule has 106 valence electrons. The maximum Gasteiger partial charge on any atom is 0.119 e. The zero-order valence-corrected chi connectivity index (χ0v) is 12.4. The summed E-state index contributed by atoms with van der Waals surface area (Å²) in [5.41, 5.74) is 2.67. The maximum absolute atomic E-state index is 8.74. The summed E-state index contributed by atoms with van der Waals surface area (Å²) >= 11 is 1.73. The van der Waals surface area contributed by atoms with Crippen molar-refractivity contribution in [2.75, 3.05) is 0 Å². The third kappa shape index (κ3) is 2.90. The van der Waals surface area contributed by atoms with Crippen LogP contribution in [-0.4, -0.2) is 10.9 Å². The number of nitrogens with zero attached hydrogens (tertiary/aromatic N) is 1. The molecule has 0 spiro atoms. The number of oxime groups is 1. The fraction of sp³-hybridized carbons (Fsp3) is 0.118. The Bertz CT molecular complexity index is 775. The SMILES string of the molecule is CC(=NO)c1ccc(OCc2csc3ccccc23)cc1. The highest BCUT2D eigenvalue weighted by molar-refractivity contribution is 7.17. The number of benzene rings is 2. The van der Waals surface area contributed by atoms with E-state index in [9.17, 15) is 0 Å². The largest absolute Gasteiger partial charge is 0.489 e. The molecule has 0 aliphatic rings. The van der Waals surface area contributed by atoms with E-state index in [4.69, 9.17) is 9.94 Å². The second kappa shape index (κ2) is 5.97. The Labute approximate surface area is 127 Å². The van der Waals surface area contributed by atoms with Crippen LogP contribution in [0.1, 0.15) is 18.1 Å². The summed E-state index contributed by atoms with van der Waals surface area (Å²) in [5.74, 6) is 0.805. The Kier molecular flexibility index (Phi) is 3.88. The predicted octanol–water partition coefficient (Wildman–Crippen LogP) is 4.68. The van der Waals surface area contributed by atoms with Gasteiger partial charge in [-0.05, 0) is 53.6 Å². The van der Waals surface area contributed by atoms with E-state index in [-0.39, 0.29) is 0 Å². The van der Waals surface area contributed by atoms with E-state index in [1.54, 1.807) is 18.3 Å². The molecule has 3 nitrogen and oxygen atoms in total. The summed E-state index contributed by atoms with van der Waals surface area (Å²) in [6.45, 7) is 2.31. The van der Waals surface area contributed by atoms with Crippen LogP contribution >= 0.6 is 11.3 Å². The third-order valence-corrected chi connectivity index (χ3v) is 4.39. The molecule has 0 fully saturated rings. The van der Waals surface area contributed by atoms with Crippen molar-refractivity contribution in [3.8, 4) is 5.75 Å². The summed E-state index contributed by atoms with van der Waals surface area (Å²) in [5, 5.41) is 15.3. The molecule has 0 saturated carbocycles. The first-order valence-electron chi connectivity index (χ1n) is 6.65. The molecule has 0 radical (unpaired) electrons. The molecule has 3 rings (SSSR count). The van der Waals surface area contributed by atoms with Crippen LogP contribution in [0.15, 0.2) is 59.1 Å². The lowest BCUT2D eigenvalue weighted by molar-refractivity contribution is 0.308. The van der Waals surface area contributed by atoms with Crippen LogP contribution < -0.4 is 4.74 Å². The molecule has 0 aliphatic carbocycles. The number of rotatable bonds is 4. The number of ether oxygens (including phenoxy) is 1. The van der Waals surface area contributed by atoms with Gasteiger partial charge in [0.1, 0.15) is 12.4 Å². The number of hydrogen-bond acceptors (Lipinski definition) is 4. The standard InChI is InChI=1S/C17H15NO2S/c1-12(18-19)13-6-8-15(9-7-13)20-10-14-11-21-17-5-3-2-4-16(14)17/h2-9,11,19H,10H2,1H3. The normalized spacial score (nSPS) is 11.8. The van der Waals surface area contributed by atoms with Gasteiger partial charge in [-0.1, -0.05) is 23.4 Å². The van der Waals surface area contributed by atoms with Gasteiger partial charge in [0.2, 0.25) is 0 Å². The monoisotopic (exact) mass is 297 g/mol. The van der Waals surface area contributed by atoms with Gasteiger partial charge in [0.05, 0.1) is 5.71 Å². The zero-order chi connectivity index (χ0) is 14.7. The van der Waals surface area contributed by atoms with E-state index in [2.05, 4.69) is 22.7 Å². The lowest BCUT2D eigenvalue weighted by atomic mass is 10.1. The number of hydrogen-bond donors (Lipinski definition) is 1. The van der Waals surface area contributed by atoms with Crippen molar-refractivity contribution >= 4 is 27.1 Å². The van der Waals surface area contributed by atoms with E-state index in [1.165, 1.54) is 15.6 Å². The molecular weight excluding hydrogens is 282 g/mol. The van der Waals surface area contributed by atoms with Gasteiger partial charge in [-0.15, -0.1) is 11.3 Å². The Morgan fingerprint density at radius 1 is 1.14 bits per heavy atom. The van der Waals surface area contributed by atoms with E-state index in [0.29, 0.717) is 12.3 Å². The van der Waals surface area contributed by atoms with Crippen molar-refractivity contribution in [2.45, 2.75) is 13.5 Å². The Morgan fingerprint density at radius 2 is 1.90 bits per heavy atom. The molecular formula is C17H15NO2S. The first-order chi connectivity index (χ1) is 10.3. The van der Waals surface area contributed by atoms with Crippen LogP contribution in [-0.2, 0) is 6.61 Å². The molecule has 0 aliphatic heterocycles. The maximum atomic E-state index is 8.74. The third-order valence-electron chi connectivity index (χ3n) is 3.38. The lowest BCUT2D eigenvalue weighted by Gasteiger charge is -2.06. The van der Waals surface area contributed by atoms with Gasteiger partial charge in [0, 0.05) is 10.3 Å². The molecule has 2 aromatic carbocycles. The van der Waals surface area contributed by atoms with Crippen LogP contribution in [0.3, 0.4) is 0 Å². The van der Waals surface area contributed by atoms with Gasteiger partial charge in [0.15, 0.2) is 0 Å². The van der Waals surface area contributed by atoms with Crippen molar-refractivity contribution in [2.24, 2.45) is 5.16 Å². The van der Waals surface area contributed by atoms with Crippen LogP contribution in [0.5, 0.6) is 5.75 Å². The van der Waals surface area contributed by atoms with Crippen LogP contribution in [0, 0.1) is 0 Å². The molecule has 4 heteroatoms. The van der Waals surface area contributed by atoms with Gasteiger partial charge >= 0.3 is 0 Å². The van der Waals surface area contributed by atoms with Gasteiger partial charge in [-0.25, -0.2) is 0 Å².